The number of nitrogens with one attached hydrogen (secondary N) is 1. The largest absolute Gasteiger partial charge is 0.497 e. The number of carbonyl (C=O) groups is 1. The zero-order valence-corrected chi connectivity index (χ0v) is 15.0. The number of hydrogen-bond donors (Lipinski definition) is 1. The Morgan fingerprint density at radius 2 is 1.57 bits per heavy atom. The van der Waals surface area contributed by atoms with Crippen molar-refractivity contribution in [1.82, 2.24) is 5.32 Å². The van der Waals surface area contributed by atoms with Crippen molar-refractivity contribution in [3.63, 3.8) is 0 Å². The van der Waals surface area contributed by atoms with E-state index in [1.165, 1.54) is 0 Å². The molecular weight excluding hydrogens is 358 g/mol. The van der Waals surface area contributed by atoms with Gasteiger partial charge in [-0.1, -0.05) is 28.1 Å². The molecule has 4 nitrogen and oxygen atoms in total. The summed E-state index contributed by atoms with van der Waals surface area (Å²) < 4.78 is 11.8. The summed E-state index contributed by atoms with van der Waals surface area (Å²) >= 11 is 3.37. The highest BCUT2D eigenvalue weighted by Gasteiger charge is 2.17. The predicted molar refractivity (Wildman–Crippen MR) is 93.8 cm³/mol. The van der Waals surface area contributed by atoms with Crippen molar-refractivity contribution in [3.05, 3.63) is 58.6 Å². The fourth-order valence-corrected chi connectivity index (χ4v) is 2.34. The minimum Gasteiger partial charge on any atom is -0.497 e. The van der Waals surface area contributed by atoms with Gasteiger partial charge in [-0.25, -0.2) is 0 Å². The first-order chi connectivity index (χ1) is 11.0. The van der Waals surface area contributed by atoms with E-state index in [9.17, 15) is 4.79 Å². The van der Waals surface area contributed by atoms with Gasteiger partial charge in [-0.15, -0.1) is 0 Å². The minimum atomic E-state index is -0.572. The van der Waals surface area contributed by atoms with Crippen molar-refractivity contribution < 1.29 is 14.3 Å². The summed E-state index contributed by atoms with van der Waals surface area (Å²) in [6, 6.07) is 14.9. The molecule has 0 spiro atoms. The molecule has 0 aliphatic carbocycles. The molecule has 2 aromatic carbocycles. The molecule has 1 amide bonds. The van der Waals surface area contributed by atoms with Gasteiger partial charge >= 0.3 is 0 Å². The number of rotatable bonds is 6. The average Bonchev–Trinajstić information content (AvgIpc) is 2.56. The van der Waals surface area contributed by atoms with E-state index in [1.54, 1.807) is 14.0 Å². The van der Waals surface area contributed by atoms with Crippen molar-refractivity contribution in [1.29, 1.82) is 0 Å². The monoisotopic (exact) mass is 377 g/mol. The second-order valence-corrected chi connectivity index (χ2v) is 6.13. The molecule has 0 aromatic heterocycles. The lowest BCUT2D eigenvalue weighted by Crippen LogP contribution is -2.37. The second kappa shape index (κ2) is 8.02. The van der Waals surface area contributed by atoms with Gasteiger partial charge in [-0.3, -0.25) is 4.79 Å². The highest BCUT2D eigenvalue weighted by atomic mass is 79.9. The highest BCUT2D eigenvalue weighted by molar-refractivity contribution is 9.10. The van der Waals surface area contributed by atoms with E-state index >= 15 is 0 Å². The van der Waals surface area contributed by atoms with Crippen LogP contribution in [0.15, 0.2) is 53.0 Å². The van der Waals surface area contributed by atoms with Crippen LogP contribution in [0.4, 0.5) is 0 Å². The lowest BCUT2D eigenvalue weighted by molar-refractivity contribution is -0.127. The normalized spacial score (nSPS) is 13.0. The van der Waals surface area contributed by atoms with E-state index < -0.39 is 6.10 Å². The van der Waals surface area contributed by atoms with Crippen LogP contribution in [0.25, 0.3) is 0 Å². The Kier molecular flexibility index (Phi) is 6.04. The van der Waals surface area contributed by atoms with E-state index in [0.29, 0.717) is 5.75 Å². The van der Waals surface area contributed by atoms with Crippen molar-refractivity contribution in [2.24, 2.45) is 0 Å². The Hall–Kier alpha value is -2.01. The Bertz CT molecular complexity index is 640. The SMILES string of the molecule is COc1ccc([C@@H](C)NC(=O)[C@H](C)Oc2ccc(Br)cc2)cc1. The molecule has 0 unspecified atom stereocenters. The molecule has 0 saturated carbocycles. The third-order valence-corrected chi connectivity index (χ3v) is 4.00. The van der Waals surface area contributed by atoms with E-state index in [0.717, 1.165) is 15.8 Å². The van der Waals surface area contributed by atoms with Gasteiger partial charge in [0.1, 0.15) is 11.5 Å². The van der Waals surface area contributed by atoms with Gasteiger partial charge < -0.3 is 14.8 Å². The summed E-state index contributed by atoms with van der Waals surface area (Å²) in [6.45, 7) is 3.67. The number of ether oxygens (including phenoxy) is 2. The van der Waals surface area contributed by atoms with Crippen LogP contribution in [-0.2, 0) is 4.79 Å². The fourth-order valence-electron chi connectivity index (χ4n) is 2.08. The molecule has 2 atom stereocenters. The van der Waals surface area contributed by atoms with Crippen LogP contribution in [0.3, 0.4) is 0 Å². The standard InChI is InChI=1S/C18H20BrNO3/c1-12(14-4-8-16(22-3)9-5-14)20-18(21)13(2)23-17-10-6-15(19)7-11-17/h4-13H,1-3H3,(H,20,21)/t12-,13+/m1/s1. The average molecular weight is 378 g/mol. The molecule has 23 heavy (non-hydrogen) atoms. The first kappa shape index (κ1) is 17.3. The number of halogens is 1. The summed E-state index contributed by atoms with van der Waals surface area (Å²) in [4.78, 5) is 12.3. The summed E-state index contributed by atoms with van der Waals surface area (Å²) in [6.07, 6.45) is -0.572. The first-order valence-electron chi connectivity index (χ1n) is 7.36. The third-order valence-electron chi connectivity index (χ3n) is 3.47. The van der Waals surface area contributed by atoms with Crippen molar-refractivity contribution >= 4 is 21.8 Å². The molecule has 2 rings (SSSR count). The van der Waals surface area contributed by atoms with Crippen molar-refractivity contribution in [2.45, 2.75) is 26.0 Å². The first-order valence-corrected chi connectivity index (χ1v) is 8.15. The smallest absolute Gasteiger partial charge is 0.261 e. The van der Waals surface area contributed by atoms with Gasteiger partial charge in [0.25, 0.3) is 5.91 Å². The molecule has 5 heteroatoms. The Balaban J connectivity index is 1.92. The summed E-state index contributed by atoms with van der Waals surface area (Å²) in [5, 5.41) is 2.95. The number of benzene rings is 2. The van der Waals surface area contributed by atoms with Gasteiger partial charge in [-0.2, -0.15) is 0 Å². The van der Waals surface area contributed by atoms with E-state index in [1.807, 2.05) is 55.5 Å². The molecule has 0 radical (unpaired) electrons. The predicted octanol–water partition coefficient (Wildman–Crippen LogP) is 4.10. The number of hydrogen-bond acceptors (Lipinski definition) is 3. The maximum Gasteiger partial charge on any atom is 0.261 e. The summed E-state index contributed by atoms with van der Waals surface area (Å²) in [5.74, 6) is 1.29. The van der Waals surface area contributed by atoms with Gasteiger partial charge in [0.2, 0.25) is 0 Å². The van der Waals surface area contributed by atoms with Crippen LogP contribution in [0, 0.1) is 0 Å². The van der Waals surface area contributed by atoms with Gasteiger partial charge in [0.15, 0.2) is 6.10 Å². The van der Waals surface area contributed by atoms with Crippen LogP contribution in [-0.4, -0.2) is 19.1 Å². The second-order valence-electron chi connectivity index (χ2n) is 5.22. The Morgan fingerprint density at radius 3 is 2.13 bits per heavy atom. The van der Waals surface area contributed by atoms with E-state index in [4.69, 9.17) is 9.47 Å². The summed E-state index contributed by atoms with van der Waals surface area (Å²) in [7, 11) is 1.63. The molecule has 0 aliphatic heterocycles. The van der Waals surface area contributed by atoms with Gasteiger partial charge in [0, 0.05) is 4.47 Å². The van der Waals surface area contributed by atoms with E-state index in [-0.39, 0.29) is 11.9 Å². The maximum atomic E-state index is 12.3. The minimum absolute atomic E-state index is 0.107. The van der Waals surface area contributed by atoms with Crippen molar-refractivity contribution in [3.8, 4) is 11.5 Å². The molecule has 122 valence electrons. The molecular formula is C18H20BrNO3. The Labute approximate surface area is 144 Å². The van der Waals surface area contributed by atoms with Crippen LogP contribution < -0.4 is 14.8 Å². The zero-order chi connectivity index (χ0) is 16.8. The molecule has 1 N–H and O–H groups in total. The fraction of sp³-hybridized carbons (Fsp3) is 0.278. The van der Waals surface area contributed by atoms with Crippen molar-refractivity contribution in [2.75, 3.05) is 7.11 Å². The van der Waals surface area contributed by atoms with Crippen LogP contribution >= 0.6 is 15.9 Å². The number of methoxy groups -OCH3 is 1. The van der Waals surface area contributed by atoms with Crippen LogP contribution in [0.5, 0.6) is 11.5 Å². The molecule has 0 aliphatic rings. The lowest BCUT2D eigenvalue weighted by Gasteiger charge is -2.19. The lowest BCUT2D eigenvalue weighted by atomic mass is 10.1. The Morgan fingerprint density at radius 1 is 1.00 bits per heavy atom. The van der Waals surface area contributed by atoms with E-state index in [2.05, 4.69) is 21.2 Å². The molecule has 0 fully saturated rings. The molecule has 0 bridgehead atoms. The molecule has 2 aromatic rings. The number of amides is 1. The van der Waals surface area contributed by atoms with Crippen LogP contribution in [0.1, 0.15) is 25.5 Å². The summed E-state index contributed by atoms with van der Waals surface area (Å²) in [5.41, 5.74) is 1.01. The number of carbonyl (C=O) groups excluding carboxylic acids is 1. The zero-order valence-electron chi connectivity index (χ0n) is 13.4. The topological polar surface area (TPSA) is 47.6 Å². The third kappa shape index (κ3) is 4.99. The maximum absolute atomic E-state index is 12.3. The quantitative estimate of drug-likeness (QED) is 0.823. The molecule has 0 heterocycles. The highest BCUT2D eigenvalue weighted by Crippen LogP contribution is 2.19. The van der Waals surface area contributed by atoms with Gasteiger partial charge in [0.05, 0.1) is 13.2 Å². The van der Waals surface area contributed by atoms with Gasteiger partial charge in [-0.05, 0) is 55.8 Å². The van der Waals surface area contributed by atoms with Crippen LogP contribution in [0.2, 0.25) is 0 Å². The molecule has 0 saturated heterocycles.